The number of alkyl halides is 3. The van der Waals surface area contributed by atoms with Gasteiger partial charge in [-0.2, -0.15) is 17.5 Å². The van der Waals surface area contributed by atoms with E-state index < -0.39 is 33.1 Å². The van der Waals surface area contributed by atoms with Crippen molar-refractivity contribution >= 4 is 15.9 Å². The van der Waals surface area contributed by atoms with E-state index in [0.29, 0.717) is 18.7 Å². The first kappa shape index (κ1) is 24.3. The van der Waals surface area contributed by atoms with E-state index in [1.54, 1.807) is 27.0 Å². The minimum atomic E-state index is -4.45. The Hall–Kier alpha value is -2.33. The van der Waals surface area contributed by atoms with E-state index in [-0.39, 0.29) is 17.1 Å². The Morgan fingerprint density at radius 1 is 1.06 bits per heavy atom. The van der Waals surface area contributed by atoms with Crippen LogP contribution in [0.5, 0.6) is 0 Å². The van der Waals surface area contributed by atoms with E-state index in [0.717, 1.165) is 31.4 Å². The molecule has 0 aliphatic carbocycles. The molecule has 2 aromatic rings. The van der Waals surface area contributed by atoms with Crippen LogP contribution in [0.3, 0.4) is 0 Å². The summed E-state index contributed by atoms with van der Waals surface area (Å²) in [7, 11) is -2.09. The van der Waals surface area contributed by atoms with E-state index in [4.69, 9.17) is 0 Å². The first-order chi connectivity index (χ1) is 14.8. The lowest BCUT2D eigenvalue weighted by molar-refractivity contribution is -0.137. The molecule has 0 atom stereocenters. The molecule has 2 heterocycles. The summed E-state index contributed by atoms with van der Waals surface area (Å²) in [5.41, 5.74) is -0.914. The number of nitrogens with zero attached hydrogens (tertiary/aromatic N) is 2. The van der Waals surface area contributed by atoms with E-state index in [1.807, 2.05) is 0 Å². The molecule has 1 aliphatic rings. The monoisotopic (exact) mass is 471 g/mol. The maximum atomic E-state index is 13.0. The molecule has 1 aliphatic heterocycles. The smallest absolute Gasteiger partial charge is 0.350 e. The van der Waals surface area contributed by atoms with Crippen LogP contribution in [0.25, 0.3) is 0 Å². The Morgan fingerprint density at radius 2 is 1.69 bits per heavy atom. The zero-order valence-corrected chi connectivity index (χ0v) is 19.2. The highest BCUT2D eigenvalue weighted by Crippen LogP contribution is 2.32. The molecule has 6 nitrogen and oxygen atoms in total. The van der Waals surface area contributed by atoms with Gasteiger partial charge < -0.3 is 9.88 Å². The second-order valence-electron chi connectivity index (χ2n) is 8.78. The number of benzene rings is 1. The molecule has 1 aromatic heterocycles. The summed E-state index contributed by atoms with van der Waals surface area (Å²) in [4.78, 5) is 12.8. The predicted molar refractivity (Wildman–Crippen MR) is 115 cm³/mol. The number of rotatable bonds is 6. The molecule has 32 heavy (non-hydrogen) atoms. The lowest BCUT2D eigenvalue weighted by Gasteiger charge is -2.26. The third-order valence-electron chi connectivity index (χ3n) is 5.83. The van der Waals surface area contributed by atoms with Crippen LogP contribution in [0, 0.1) is 0 Å². The molecule has 10 heteroatoms. The Morgan fingerprint density at radius 3 is 2.31 bits per heavy atom. The second-order valence-corrected chi connectivity index (χ2v) is 10.7. The summed E-state index contributed by atoms with van der Waals surface area (Å²) in [5.74, 6) is -0.493. The van der Waals surface area contributed by atoms with Gasteiger partial charge in [0.15, 0.2) is 0 Å². The first-order valence-electron chi connectivity index (χ1n) is 10.4. The average molecular weight is 472 g/mol. The maximum Gasteiger partial charge on any atom is 0.416 e. The van der Waals surface area contributed by atoms with Gasteiger partial charge in [-0.3, -0.25) is 4.79 Å². The van der Waals surface area contributed by atoms with Crippen molar-refractivity contribution in [3.05, 3.63) is 53.3 Å². The zero-order valence-electron chi connectivity index (χ0n) is 18.4. The van der Waals surface area contributed by atoms with Crippen LogP contribution in [0.15, 0.2) is 41.4 Å². The van der Waals surface area contributed by atoms with Gasteiger partial charge in [0.2, 0.25) is 10.0 Å². The number of carbonyl (C=O) groups excluding carboxylic acids is 1. The van der Waals surface area contributed by atoms with Crippen molar-refractivity contribution in [1.82, 2.24) is 14.2 Å². The van der Waals surface area contributed by atoms with Crippen molar-refractivity contribution < 1.29 is 26.4 Å². The molecule has 1 aromatic carbocycles. The van der Waals surface area contributed by atoms with E-state index in [1.165, 1.54) is 27.2 Å². The molecule has 0 bridgehead atoms. The molecule has 0 spiro atoms. The average Bonchev–Trinajstić information content (AvgIpc) is 3.15. The van der Waals surface area contributed by atoms with Gasteiger partial charge in [-0.1, -0.05) is 38.5 Å². The number of halogens is 3. The highest BCUT2D eigenvalue weighted by atomic mass is 32.2. The van der Waals surface area contributed by atoms with Crippen LogP contribution in [0.4, 0.5) is 13.2 Å². The van der Waals surface area contributed by atoms with Crippen molar-refractivity contribution in [2.24, 2.45) is 7.05 Å². The van der Waals surface area contributed by atoms with Gasteiger partial charge in [0.25, 0.3) is 5.91 Å². The van der Waals surface area contributed by atoms with Gasteiger partial charge in [-0.05, 0) is 30.5 Å². The van der Waals surface area contributed by atoms with Crippen molar-refractivity contribution in [3.63, 3.8) is 0 Å². The summed E-state index contributed by atoms with van der Waals surface area (Å²) in [6.07, 6.45) is -0.421. The zero-order chi connectivity index (χ0) is 23.7. The molecular formula is C22H28F3N3O3S. The summed E-state index contributed by atoms with van der Waals surface area (Å²) in [6.45, 7) is 4.47. The predicted octanol–water partition coefficient (Wildman–Crippen LogP) is 3.93. The molecule has 1 fully saturated rings. The Bertz CT molecular complexity index is 1090. The van der Waals surface area contributed by atoms with Crippen molar-refractivity contribution in [3.8, 4) is 0 Å². The van der Waals surface area contributed by atoms with Gasteiger partial charge in [-0.15, -0.1) is 0 Å². The third kappa shape index (κ3) is 5.17. The lowest BCUT2D eigenvalue weighted by Crippen LogP contribution is -2.37. The third-order valence-corrected chi connectivity index (χ3v) is 7.69. The fourth-order valence-corrected chi connectivity index (χ4v) is 5.35. The largest absolute Gasteiger partial charge is 0.416 e. The fourth-order valence-electron chi connectivity index (χ4n) is 3.77. The number of aryl methyl sites for hydroxylation is 1. The van der Waals surface area contributed by atoms with Crippen LogP contribution in [0.2, 0.25) is 0 Å². The van der Waals surface area contributed by atoms with Crippen LogP contribution in [-0.4, -0.2) is 42.8 Å². The summed E-state index contributed by atoms with van der Waals surface area (Å²) in [6, 6.07) is 6.37. The van der Waals surface area contributed by atoms with Crippen molar-refractivity contribution in [2.45, 2.75) is 49.6 Å². The number of hydrogen-bond acceptors (Lipinski definition) is 3. The number of aromatic nitrogens is 1. The quantitative estimate of drug-likeness (QED) is 0.694. The molecule has 1 N–H and O–H groups in total. The molecule has 176 valence electrons. The van der Waals surface area contributed by atoms with E-state index >= 15 is 0 Å². The number of nitrogens with one attached hydrogen (secondary N) is 1. The Kier molecular flexibility index (Phi) is 6.76. The van der Waals surface area contributed by atoms with Gasteiger partial charge in [0, 0.05) is 38.3 Å². The molecule has 1 amide bonds. The number of amides is 1. The topological polar surface area (TPSA) is 71.4 Å². The van der Waals surface area contributed by atoms with Gasteiger partial charge >= 0.3 is 6.18 Å². The molecule has 0 unspecified atom stereocenters. The van der Waals surface area contributed by atoms with Crippen LogP contribution >= 0.6 is 0 Å². The number of sulfonamides is 1. The van der Waals surface area contributed by atoms with Crippen molar-refractivity contribution in [2.75, 3.05) is 19.6 Å². The van der Waals surface area contributed by atoms with Gasteiger partial charge in [-0.25, -0.2) is 8.42 Å². The van der Waals surface area contributed by atoms with Crippen LogP contribution in [0.1, 0.15) is 54.7 Å². The van der Waals surface area contributed by atoms with Crippen molar-refractivity contribution in [1.29, 1.82) is 0 Å². The lowest BCUT2D eigenvalue weighted by atomic mass is 9.83. The molecule has 0 saturated carbocycles. The molecule has 0 radical (unpaired) electrons. The maximum absolute atomic E-state index is 13.0. The SMILES string of the molecule is Cn1cc(S(=O)(=O)N2CCCCC2)cc1C(=O)NCC(C)(C)c1cccc(C(F)(F)F)c1. The Labute approximate surface area is 186 Å². The Balaban J connectivity index is 1.74. The van der Waals surface area contributed by atoms with Gasteiger partial charge in [0.05, 0.1) is 5.56 Å². The number of piperidine rings is 1. The minimum Gasteiger partial charge on any atom is -0.350 e. The highest BCUT2D eigenvalue weighted by molar-refractivity contribution is 7.89. The molecular weight excluding hydrogens is 443 g/mol. The highest BCUT2D eigenvalue weighted by Gasteiger charge is 2.33. The number of carbonyl (C=O) groups is 1. The molecule has 1 saturated heterocycles. The fraction of sp³-hybridized carbons (Fsp3) is 0.500. The van der Waals surface area contributed by atoms with E-state index in [9.17, 15) is 26.4 Å². The second kappa shape index (κ2) is 8.90. The summed E-state index contributed by atoms with van der Waals surface area (Å²) in [5, 5.41) is 2.73. The normalized spacial score (nSPS) is 16.2. The minimum absolute atomic E-state index is 0.0594. The molecule has 3 rings (SSSR count). The van der Waals surface area contributed by atoms with Gasteiger partial charge in [0.1, 0.15) is 10.6 Å². The number of hydrogen-bond donors (Lipinski definition) is 1. The van der Waals surface area contributed by atoms with Crippen LogP contribution < -0.4 is 5.32 Å². The van der Waals surface area contributed by atoms with E-state index in [2.05, 4.69) is 5.32 Å². The van der Waals surface area contributed by atoms with Crippen LogP contribution in [-0.2, 0) is 28.7 Å². The summed E-state index contributed by atoms with van der Waals surface area (Å²) < 4.78 is 67.8. The summed E-state index contributed by atoms with van der Waals surface area (Å²) >= 11 is 0. The standard InChI is InChI=1S/C22H28F3N3O3S/c1-21(2,16-8-7-9-17(12-16)22(23,24)25)15-26-20(29)19-13-18(14-27(19)3)32(30,31)28-10-5-4-6-11-28/h7-9,12-14H,4-6,10-11,15H2,1-3H3,(H,26,29). The first-order valence-corrected chi connectivity index (χ1v) is 11.9.